The Labute approximate surface area is 131 Å². The average Bonchev–Trinajstić information content (AvgIpc) is 2.46. The third-order valence-corrected chi connectivity index (χ3v) is 5.37. The van der Waals surface area contributed by atoms with Crippen molar-refractivity contribution in [2.24, 2.45) is 5.92 Å². The predicted octanol–water partition coefficient (Wildman–Crippen LogP) is 2.88. The molecule has 21 heavy (non-hydrogen) atoms. The van der Waals surface area contributed by atoms with E-state index in [0.717, 1.165) is 25.7 Å². The summed E-state index contributed by atoms with van der Waals surface area (Å²) < 4.78 is 0.637. The van der Waals surface area contributed by atoms with Gasteiger partial charge in [-0.05, 0) is 35.2 Å². The van der Waals surface area contributed by atoms with Crippen molar-refractivity contribution in [3.8, 4) is 0 Å². The van der Waals surface area contributed by atoms with E-state index in [0.29, 0.717) is 29.7 Å². The topological polar surface area (TPSA) is 79.5 Å². The number of aromatic nitrogens is 1. The zero-order valence-electron chi connectivity index (χ0n) is 11.7. The van der Waals surface area contributed by atoms with Crippen LogP contribution in [0.5, 0.6) is 0 Å². The molecule has 2 aliphatic rings. The zero-order chi connectivity index (χ0) is 15.0. The van der Waals surface area contributed by atoms with Crippen LogP contribution >= 0.6 is 15.9 Å². The summed E-state index contributed by atoms with van der Waals surface area (Å²) in [7, 11) is 0. The Kier molecular flexibility index (Phi) is 3.88. The summed E-state index contributed by atoms with van der Waals surface area (Å²) in [4.78, 5) is 16.8. The fraction of sp³-hybridized carbons (Fsp3) is 0.643. The number of nitrogens with zero attached hydrogens (tertiary/aromatic N) is 3. The summed E-state index contributed by atoms with van der Waals surface area (Å²) >= 11 is 3.38. The maximum atomic E-state index is 11.2. The Balaban J connectivity index is 1.91. The summed E-state index contributed by atoms with van der Waals surface area (Å²) in [5.74, 6) is 0.194. The highest BCUT2D eigenvalue weighted by molar-refractivity contribution is 9.10. The minimum absolute atomic E-state index is 0.0191. The van der Waals surface area contributed by atoms with Crippen LogP contribution in [0.15, 0.2) is 16.9 Å². The smallest absolute Gasteiger partial charge is 0.311 e. The molecule has 1 aromatic rings. The molecule has 0 aromatic carbocycles. The molecule has 1 aromatic heterocycles. The summed E-state index contributed by atoms with van der Waals surface area (Å²) in [6, 6.07) is 0. The van der Waals surface area contributed by atoms with E-state index >= 15 is 0 Å². The molecule has 2 unspecified atom stereocenters. The molecule has 1 saturated carbocycles. The van der Waals surface area contributed by atoms with E-state index in [4.69, 9.17) is 0 Å². The third kappa shape index (κ3) is 2.64. The highest BCUT2D eigenvalue weighted by Crippen LogP contribution is 2.43. The van der Waals surface area contributed by atoms with Gasteiger partial charge < -0.3 is 10.0 Å². The molecule has 0 radical (unpaired) electrons. The molecule has 2 fully saturated rings. The molecule has 7 heteroatoms. The Morgan fingerprint density at radius 2 is 2.24 bits per heavy atom. The molecule has 114 valence electrons. The first-order chi connectivity index (χ1) is 10.0. The highest BCUT2D eigenvalue weighted by Gasteiger charge is 2.44. The Hall–Kier alpha value is -1.21. The second-order valence-electron chi connectivity index (χ2n) is 5.99. The van der Waals surface area contributed by atoms with Crippen LogP contribution in [0.3, 0.4) is 0 Å². The quantitative estimate of drug-likeness (QED) is 0.651. The molecule has 2 atom stereocenters. The minimum atomic E-state index is -0.580. The molecule has 0 bridgehead atoms. The Bertz CT molecular complexity index is 568. The van der Waals surface area contributed by atoms with Crippen LogP contribution in [0, 0.1) is 16.0 Å². The van der Waals surface area contributed by atoms with Crippen LogP contribution in [-0.4, -0.2) is 33.7 Å². The van der Waals surface area contributed by atoms with E-state index in [1.165, 1.54) is 6.20 Å². The Morgan fingerprint density at radius 3 is 3.00 bits per heavy atom. The molecular weight excluding hydrogens is 338 g/mol. The number of pyridine rings is 1. The first kappa shape index (κ1) is 14.7. The first-order valence-corrected chi connectivity index (χ1v) is 8.06. The lowest BCUT2D eigenvalue weighted by atomic mass is 9.71. The van der Waals surface area contributed by atoms with Crippen molar-refractivity contribution in [2.45, 2.75) is 37.7 Å². The largest absolute Gasteiger partial charge is 0.389 e. The van der Waals surface area contributed by atoms with Crippen molar-refractivity contribution in [1.29, 1.82) is 0 Å². The number of piperidine rings is 1. The van der Waals surface area contributed by atoms with Gasteiger partial charge in [0.15, 0.2) is 0 Å². The van der Waals surface area contributed by atoms with Gasteiger partial charge in [-0.2, -0.15) is 0 Å². The molecule has 0 spiro atoms. The molecule has 6 nitrogen and oxygen atoms in total. The van der Waals surface area contributed by atoms with Gasteiger partial charge in [0.05, 0.1) is 15.0 Å². The molecule has 1 saturated heterocycles. The van der Waals surface area contributed by atoms with Crippen molar-refractivity contribution in [3.63, 3.8) is 0 Å². The van der Waals surface area contributed by atoms with Crippen LogP contribution in [0.25, 0.3) is 0 Å². The number of aliphatic hydroxyl groups is 1. The molecular formula is C14H18BrN3O3. The van der Waals surface area contributed by atoms with Crippen molar-refractivity contribution < 1.29 is 10.0 Å². The maximum absolute atomic E-state index is 11.2. The molecule has 1 aliphatic heterocycles. The SMILES string of the molecule is O=[N+]([O-])c1cncc(Br)c1N1CCC2(O)CCCCC2C1. The zero-order valence-corrected chi connectivity index (χ0v) is 13.3. The molecule has 0 amide bonds. The van der Waals surface area contributed by atoms with Gasteiger partial charge in [0.2, 0.25) is 0 Å². The van der Waals surface area contributed by atoms with Gasteiger partial charge in [0, 0.05) is 25.2 Å². The summed E-state index contributed by atoms with van der Waals surface area (Å²) in [5, 5.41) is 21.9. The van der Waals surface area contributed by atoms with Gasteiger partial charge in [0.1, 0.15) is 11.9 Å². The van der Waals surface area contributed by atoms with Gasteiger partial charge in [-0.15, -0.1) is 0 Å². The van der Waals surface area contributed by atoms with Gasteiger partial charge in [0.25, 0.3) is 0 Å². The second kappa shape index (κ2) is 5.53. The normalized spacial score (nSPS) is 29.0. The molecule has 1 aliphatic carbocycles. The van der Waals surface area contributed by atoms with Crippen LogP contribution in [-0.2, 0) is 0 Å². The lowest BCUT2D eigenvalue weighted by Crippen LogP contribution is -2.53. The standard InChI is InChI=1S/C14H18BrN3O3/c15-11-7-16-8-12(18(20)21)13(11)17-6-5-14(19)4-2-1-3-10(14)9-17/h7-8,10,19H,1-6,9H2. The van der Waals surface area contributed by atoms with E-state index < -0.39 is 10.5 Å². The lowest BCUT2D eigenvalue weighted by Gasteiger charge is -2.48. The van der Waals surface area contributed by atoms with Crippen molar-refractivity contribution in [3.05, 3.63) is 27.0 Å². The number of nitro groups is 1. The Morgan fingerprint density at radius 1 is 1.43 bits per heavy atom. The van der Waals surface area contributed by atoms with E-state index in [1.54, 1.807) is 6.20 Å². The third-order valence-electron chi connectivity index (χ3n) is 4.79. The minimum Gasteiger partial charge on any atom is -0.389 e. The van der Waals surface area contributed by atoms with E-state index in [2.05, 4.69) is 20.9 Å². The number of halogens is 1. The lowest BCUT2D eigenvalue weighted by molar-refractivity contribution is -0.384. The fourth-order valence-corrected chi connectivity index (χ4v) is 4.21. The van der Waals surface area contributed by atoms with Gasteiger partial charge in [-0.3, -0.25) is 15.1 Å². The van der Waals surface area contributed by atoms with Gasteiger partial charge >= 0.3 is 5.69 Å². The van der Waals surface area contributed by atoms with Crippen LogP contribution in [0.2, 0.25) is 0 Å². The van der Waals surface area contributed by atoms with Crippen molar-refractivity contribution in [2.75, 3.05) is 18.0 Å². The van der Waals surface area contributed by atoms with Crippen LogP contribution in [0.4, 0.5) is 11.4 Å². The number of anilines is 1. The van der Waals surface area contributed by atoms with E-state index in [1.807, 2.05) is 4.90 Å². The summed E-state index contributed by atoms with van der Waals surface area (Å²) in [6.07, 6.45) is 7.59. The summed E-state index contributed by atoms with van der Waals surface area (Å²) in [6.45, 7) is 1.30. The van der Waals surface area contributed by atoms with Gasteiger partial charge in [-0.1, -0.05) is 12.8 Å². The number of rotatable bonds is 2. The van der Waals surface area contributed by atoms with Crippen molar-refractivity contribution in [1.82, 2.24) is 4.98 Å². The maximum Gasteiger partial charge on any atom is 0.311 e. The monoisotopic (exact) mass is 355 g/mol. The van der Waals surface area contributed by atoms with Gasteiger partial charge in [-0.25, -0.2) is 0 Å². The number of fused-ring (bicyclic) bond motifs is 1. The molecule has 3 rings (SSSR count). The first-order valence-electron chi connectivity index (χ1n) is 7.26. The van der Waals surface area contributed by atoms with Crippen LogP contribution < -0.4 is 4.90 Å². The second-order valence-corrected chi connectivity index (χ2v) is 6.84. The molecule has 2 heterocycles. The van der Waals surface area contributed by atoms with E-state index in [9.17, 15) is 15.2 Å². The number of hydrogen-bond donors (Lipinski definition) is 1. The summed E-state index contributed by atoms with van der Waals surface area (Å²) in [5.41, 5.74) is 0.0245. The predicted molar refractivity (Wildman–Crippen MR) is 82.3 cm³/mol. The van der Waals surface area contributed by atoms with Crippen LogP contribution in [0.1, 0.15) is 32.1 Å². The fourth-order valence-electron chi connectivity index (χ4n) is 3.64. The average molecular weight is 356 g/mol. The highest BCUT2D eigenvalue weighted by atomic mass is 79.9. The van der Waals surface area contributed by atoms with E-state index in [-0.39, 0.29) is 11.6 Å². The molecule has 1 N–H and O–H groups in total. The number of hydrogen-bond acceptors (Lipinski definition) is 5. The van der Waals surface area contributed by atoms with Crippen molar-refractivity contribution >= 4 is 27.3 Å².